The number of anilines is 2. The SMILES string of the molecule is CCS(=O)(=O)Nc1ccc(NC(=O)COc2ccc(C#N)cc2)cc1OC. The second-order valence-electron chi connectivity index (χ2n) is 5.39. The van der Waals surface area contributed by atoms with Gasteiger partial charge in [-0.15, -0.1) is 0 Å². The van der Waals surface area contributed by atoms with Crippen molar-refractivity contribution in [2.75, 3.05) is 29.5 Å². The fourth-order valence-electron chi connectivity index (χ4n) is 2.06. The zero-order valence-corrected chi connectivity index (χ0v) is 15.7. The molecule has 0 saturated heterocycles. The van der Waals surface area contributed by atoms with E-state index in [0.29, 0.717) is 17.0 Å². The van der Waals surface area contributed by atoms with Crippen LogP contribution in [0.25, 0.3) is 0 Å². The summed E-state index contributed by atoms with van der Waals surface area (Å²) in [5.41, 5.74) is 1.21. The number of hydrogen-bond acceptors (Lipinski definition) is 6. The Hall–Kier alpha value is -3.25. The first-order valence-electron chi connectivity index (χ1n) is 7.98. The third-order valence-electron chi connectivity index (χ3n) is 3.48. The molecule has 0 bridgehead atoms. The molecule has 0 radical (unpaired) electrons. The summed E-state index contributed by atoms with van der Waals surface area (Å²) in [4.78, 5) is 12.0. The molecule has 2 rings (SSSR count). The second kappa shape index (κ2) is 8.91. The first-order valence-corrected chi connectivity index (χ1v) is 9.63. The number of amides is 1. The van der Waals surface area contributed by atoms with E-state index in [1.807, 2.05) is 6.07 Å². The zero-order valence-electron chi connectivity index (χ0n) is 14.9. The highest BCUT2D eigenvalue weighted by Crippen LogP contribution is 2.28. The second-order valence-corrected chi connectivity index (χ2v) is 7.40. The molecule has 2 N–H and O–H groups in total. The Morgan fingerprint density at radius 2 is 1.89 bits per heavy atom. The Morgan fingerprint density at radius 1 is 1.19 bits per heavy atom. The van der Waals surface area contributed by atoms with E-state index in [-0.39, 0.29) is 23.8 Å². The van der Waals surface area contributed by atoms with Crippen LogP contribution in [-0.2, 0) is 14.8 Å². The quantitative estimate of drug-likeness (QED) is 0.716. The maximum Gasteiger partial charge on any atom is 0.262 e. The average Bonchev–Trinajstić information content (AvgIpc) is 2.67. The molecule has 0 atom stereocenters. The lowest BCUT2D eigenvalue weighted by atomic mass is 10.2. The van der Waals surface area contributed by atoms with E-state index < -0.39 is 15.9 Å². The van der Waals surface area contributed by atoms with E-state index in [4.69, 9.17) is 14.7 Å². The van der Waals surface area contributed by atoms with Crippen LogP contribution in [0.3, 0.4) is 0 Å². The van der Waals surface area contributed by atoms with E-state index >= 15 is 0 Å². The number of nitriles is 1. The van der Waals surface area contributed by atoms with Gasteiger partial charge >= 0.3 is 0 Å². The van der Waals surface area contributed by atoms with Crippen LogP contribution >= 0.6 is 0 Å². The summed E-state index contributed by atoms with van der Waals surface area (Å²) >= 11 is 0. The minimum Gasteiger partial charge on any atom is -0.494 e. The lowest BCUT2D eigenvalue weighted by Gasteiger charge is -2.13. The van der Waals surface area contributed by atoms with Gasteiger partial charge in [-0.1, -0.05) is 0 Å². The number of hydrogen-bond donors (Lipinski definition) is 2. The molecule has 8 nitrogen and oxygen atoms in total. The Bertz CT molecular complexity index is 950. The predicted molar refractivity (Wildman–Crippen MR) is 101 cm³/mol. The molecular formula is C18H19N3O5S. The highest BCUT2D eigenvalue weighted by atomic mass is 32.2. The molecule has 1 amide bonds. The Kier molecular flexibility index (Phi) is 6.62. The van der Waals surface area contributed by atoms with Crippen molar-refractivity contribution in [2.45, 2.75) is 6.92 Å². The maximum atomic E-state index is 12.0. The smallest absolute Gasteiger partial charge is 0.262 e. The van der Waals surface area contributed by atoms with Crippen molar-refractivity contribution in [3.8, 4) is 17.6 Å². The molecule has 9 heteroatoms. The first-order chi connectivity index (χ1) is 12.9. The van der Waals surface area contributed by atoms with Crippen molar-refractivity contribution in [2.24, 2.45) is 0 Å². The lowest BCUT2D eigenvalue weighted by molar-refractivity contribution is -0.118. The molecule has 0 fully saturated rings. The zero-order chi connectivity index (χ0) is 19.9. The fraction of sp³-hybridized carbons (Fsp3) is 0.222. The van der Waals surface area contributed by atoms with Gasteiger partial charge in [-0.3, -0.25) is 9.52 Å². The summed E-state index contributed by atoms with van der Waals surface area (Å²) in [5, 5.41) is 11.4. The van der Waals surface area contributed by atoms with Gasteiger partial charge in [0, 0.05) is 11.8 Å². The summed E-state index contributed by atoms with van der Waals surface area (Å²) in [6.07, 6.45) is 0. The summed E-state index contributed by atoms with van der Waals surface area (Å²) in [6.45, 7) is 1.30. The molecule has 0 heterocycles. The standard InChI is InChI=1S/C18H19N3O5S/c1-3-27(23,24)21-16-9-6-14(10-17(16)25-2)20-18(22)12-26-15-7-4-13(11-19)5-8-15/h4-10,21H,3,12H2,1-2H3,(H,20,22). The van der Waals surface area contributed by atoms with E-state index in [1.165, 1.54) is 26.2 Å². The lowest BCUT2D eigenvalue weighted by Crippen LogP contribution is -2.20. The van der Waals surface area contributed by atoms with Gasteiger partial charge in [0.1, 0.15) is 11.5 Å². The number of rotatable bonds is 8. The normalized spacial score (nSPS) is 10.6. The summed E-state index contributed by atoms with van der Waals surface area (Å²) in [7, 11) is -2.04. The maximum absolute atomic E-state index is 12.0. The van der Waals surface area contributed by atoms with Crippen LogP contribution in [0, 0.1) is 11.3 Å². The van der Waals surface area contributed by atoms with Crippen molar-refractivity contribution in [3.63, 3.8) is 0 Å². The molecular weight excluding hydrogens is 370 g/mol. The minimum absolute atomic E-state index is 0.0681. The Morgan fingerprint density at radius 3 is 2.48 bits per heavy atom. The van der Waals surface area contributed by atoms with Gasteiger partial charge in [-0.25, -0.2) is 8.42 Å². The number of nitrogens with one attached hydrogen (secondary N) is 2. The van der Waals surface area contributed by atoms with Gasteiger partial charge < -0.3 is 14.8 Å². The number of carbonyl (C=O) groups excluding carboxylic acids is 1. The van der Waals surface area contributed by atoms with E-state index in [1.54, 1.807) is 30.3 Å². The van der Waals surface area contributed by atoms with Gasteiger partial charge in [0.25, 0.3) is 5.91 Å². The van der Waals surface area contributed by atoms with Crippen molar-refractivity contribution >= 4 is 27.3 Å². The third kappa shape index (κ3) is 5.90. The molecule has 27 heavy (non-hydrogen) atoms. The molecule has 0 saturated carbocycles. The van der Waals surface area contributed by atoms with Crippen molar-refractivity contribution in [1.82, 2.24) is 0 Å². The first kappa shape index (κ1) is 20.1. The van der Waals surface area contributed by atoms with Crippen LogP contribution in [0.15, 0.2) is 42.5 Å². The molecule has 2 aromatic carbocycles. The van der Waals surface area contributed by atoms with Gasteiger partial charge in [0.05, 0.1) is 30.2 Å². The minimum atomic E-state index is -3.44. The molecule has 2 aromatic rings. The van der Waals surface area contributed by atoms with Crippen molar-refractivity contribution in [3.05, 3.63) is 48.0 Å². The van der Waals surface area contributed by atoms with E-state index in [0.717, 1.165) is 0 Å². The van der Waals surface area contributed by atoms with Gasteiger partial charge in [0.2, 0.25) is 10.0 Å². The largest absolute Gasteiger partial charge is 0.494 e. The molecule has 142 valence electrons. The number of sulfonamides is 1. The number of nitrogens with zero attached hydrogens (tertiary/aromatic N) is 1. The topological polar surface area (TPSA) is 118 Å². The predicted octanol–water partition coefficient (Wildman–Crippen LogP) is 2.35. The van der Waals surface area contributed by atoms with Gasteiger partial charge in [-0.05, 0) is 43.3 Å². The highest BCUT2D eigenvalue weighted by molar-refractivity contribution is 7.92. The summed E-state index contributed by atoms with van der Waals surface area (Å²) in [6, 6.07) is 12.9. The van der Waals surface area contributed by atoms with Crippen molar-refractivity contribution < 1.29 is 22.7 Å². The fourth-order valence-corrected chi connectivity index (χ4v) is 2.71. The van der Waals surface area contributed by atoms with E-state index in [2.05, 4.69) is 10.0 Å². The molecule has 0 aliphatic heterocycles. The summed E-state index contributed by atoms with van der Waals surface area (Å²) in [5.74, 6) is 0.272. The monoisotopic (exact) mass is 389 g/mol. The summed E-state index contributed by atoms with van der Waals surface area (Å²) < 4.78 is 36.3. The number of ether oxygens (including phenoxy) is 2. The van der Waals surface area contributed by atoms with Crippen LogP contribution in [-0.4, -0.2) is 33.8 Å². The van der Waals surface area contributed by atoms with E-state index in [9.17, 15) is 13.2 Å². The Balaban J connectivity index is 1.99. The molecule has 0 aliphatic carbocycles. The van der Waals surface area contributed by atoms with Gasteiger partial charge in [-0.2, -0.15) is 5.26 Å². The molecule has 0 aromatic heterocycles. The molecule has 0 aliphatic rings. The van der Waals surface area contributed by atoms with Crippen LogP contribution in [0.1, 0.15) is 12.5 Å². The number of benzene rings is 2. The van der Waals surface area contributed by atoms with Gasteiger partial charge in [0.15, 0.2) is 6.61 Å². The number of carbonyl (C=O) groups is 1. The third-order valence-corrected chi connectivity index (χ3v) is 4.78. The molecule has 0 unspecified atom stereocenters. The molecule has 0 spiro atoms. The highest BCUT2D eigenvalue weighted by Gasteiger charge is 2.13. The van der Waals surface area contributed by atoms with Crippen LogP contribution < -0.4 is 19.5 Å². The number of methoxy groups -OCH3 is 1. The van der Waals surface area contributed by atoms with Crippen LogP contribution in [0.5, 0.6) is 11.5 Å². The Labute approximate surface area is 157 Å². The van der Waals surface area contributed by atoms with Crippen LogP contribution in [0.4, 0.5) is 11.4 Å². The average molecular weight is 389 g/mol. The van der Waals surface area contributed by atoms with Crippen LogP contribution in [0.2, 0.25) is 0 Å². The van der Waals surface area contributed by atoms with Crippen molar-refractivity contribution in [1.29, 1.82) is 5.26 Å².